The molecule has 1 aliphatic heterocycles. The zero-order chi connectivity index (χ0) is 19.4. The Morgan fingerprint density at radius 1 is 1.33 bits per heavy atom. The highest BCUT2D eigenvalue weighted by Crippen LogP contribution is 2.35. The first-order valence-electron chi connectivity index (χ1n) is 8.56. The van der Waals surface area contributed by atoms with E-state index in [1.165, 1.54) is 0 Å². The van der Waals surface area contributed by atoms with Crippen molar-refractivity contribution in [3.63, 3.8) is 0 Å². The van der Waals surface area contributed by atoms with Gasteiger partial charge < -0.3 is 15.0 Å². The predicted molar refractivity (Wildman–Crippen MR) is 97.0 cm³/mol. The number of nitrogens with zero attached hydrogens (tertiary/aromatic N) is 2. The summed E-state index contributed by atoms with van der Waals surface area (Å²) in [4.78, 5) is 17.4. The summed E-state index contributed by atoms with van der Waals surface area (Å²) in [6.45, 7) is 1.12. The predicted octanol–water partition coefficient (Wildman–Crippen LogP) is 3.82. The summed E-state index contributed by atoms with van der Waals surface area (Å²) in [6, 6.07) is 7.41. The maximum Gasteiger partial charge on any atom is 0.427 e. The Kier molecular flexibility index (Phi) is 5.88. The number of anilines is 1. The standard InChI is InChI=1S/C18H20F3N3O2S/c1-26-14-5-3-2-4-12(14)10-16(25)24-8-6-13(7-9-24)23-17-22-11-15(27-17)18(19,20)21/h2-5,11,13H,6-10H2,1H3,(H,22,23). The highest BCUT2D eigenvalue weighted by molar-refractivity contribution is 7.15. The maximum absolute atomic E-state index is 12.6. The number of para-hydroxylation sites is 1. The van der Waals surface area contributed by atoms with Crippen molar-refractivity contribution in [2.24, 2.45) is 0 Å². The molecule has 9 heteroatoms. The summed E-state index contributed by atoms with van der Waals surface area (Å²) in [7, 11) is 1.57. The number of ether oxygens (including phenoxy) is 1. The molecule has 0 spiro atoms. The molecule has 1 amide bonds. The van der Waals surface area contributed by atoms with Crippen LogP contribution >= 0.6 is 11.3 Å². The fraction of sp³-hybridized carbons (Fsp3) is 0.444. The van der Waals surface area contributed by atoms with Gasteiger partial charge in [0.25, 0.3) is 0 Å². The number of halogens is 3. The van der Waals surface area contributed by atoms with Crippen molar-refractivity contribution in [2.75, 3.05) is 25.5 Å². The maximum atomic E-state index is 12.6. The van der Waals surface area contributed by atoms with Gasteiger partial charge in [0.15, 0.2) is 5.13 Å². The molecule has 1 saturated heterocycles. The lowest BCUT2D eigenvalue weighted by Gasteiger charge is -2.32. The summed E-state index contributed by atoms with van der Waals surface area (Å²) in [5.74, 6) is 0.707. The molecule has 1 fully saturated rings. The molecule has 2 heterocycles. The van der Waals surface area contributed by atoms with Crippen LogP contribution in [0.4, 0.5) is 18.3 Å². The van der Waals surface area contributed by atoms with Crippen LogP contribution in [0, 0.1) is 0 Å². The van der Waals surface area contributed by atoms with Gasteiger partial charge >= 0.3 is 6.18 Å². The van der Waals surface area contributed by atoms with E-state index in [2.05, 4.69) is 10.3 Å². The summed E-state index contributed by atoms with van der Waals surface area (Å²) in [5, 5.41) is 3.32. The lowest BCUT2D eigenvalue weighted by atomic mass is 10.0. The van der Waals surface area contributed by atoms with Gasteiger partial charge in [0, 0.05) is 24.7 Å². The Morgan fingerprint density at radius 2 is 2.04 bits per heavy atom. The number of rotatable bonds is 5. The molecular formula is C18H20F3N3O2S. The number of benzene rings is 1. The summed E-state index contributed by atoms with van der Waals surface area (Å²) >= 11 is 0.605. The van der Waals surface area contributed by atoms with E-state index in [9.17, 15) is 18.0 Å². The van der Waals surface area contributed by atoms with Crippen molar-refractivity contribution in [3.05, 3.63) is 40.9 Å². The largest absolute Gasteiger partial charge is 0.496 e. The third-order valence-electron chi connectivity index (χ3n) is 4.49. The van der Waals surface area contributed by atoms with Crippen LogP contribution < -0.4 is 10.1 Å². The number of hydrogen-bond donors (Lipinski definition) is 1. The van der Waals surface area contributed by atoms with Crippen LogP contribution in [-0.2, 0) is 17.4 Å². The molecule has 3 rings (SSSR count). The normalized spacial score (nSPS) is 15.6. The lowest BCUT2D eigenvalue weighted by Crippen LogP contribution is -2.43. The molecule has 0 radical (unpaired) electrons. The van der Waals surface area contributed by atoms with Crippen LogP contribution in [0.5, 0.6) is 5.75 Å². The average Bonchev–Trinajstić information content (AvgIpc) is 3.12. The van der Waals surface area contributed by atoms with E-state index in [-0.39, 0.29) is 23.5 Å². The number of amides is 1. The van der Waals surface area contributed by atoms with E-state index in [4.69, 9.17) is 4.74 Å². The third kappa shape index (κ3) is 4.91. The van der Waals surface area contributed by atoms with E-state index < -0.39 is 11.1 Å². The molecule has 2 aromatic rings. The molecule has 0 bridgehead atoms. The second-order valence-corrected chi connectivity index (χ2v) is 7.35. The van der Waals surface area contributed by atoms with Gasteiger partial charge in [-0.05, 0) is 18.9 Å². The lowest BCUT2D eigenvalue weighted by molar-refractivity contribution is -0.134. The molecule has 0 saturated carbocycles. The molecule has 1 aromatic heterocycles. The Bertz CT molecular complexity index is 786. The molecule has 0 aliphatic carbocycles. The molecule has 146 valence electrons. The fourth-order valence-corrected chi connectivity index (χ4v) is 3.80. The number of alkyl halides is 3. The molecule has 27 heavy (non-hydrogen) atoms. The highest BCUT2D eigenvalue weighted by atomic mass is 32.1. The first-order valence-corrected chi connectivity index (χ1v) is 9.37. The number of methoxy groups -OCH3 is 1. The molecule has 0 unspecified atom stereocenters. The number of piperidine rings is 1. The van der Waals surface area contributed by atoms with E-state index >= 15 is 0 Å². The van der Waals surface area contributed by atoms with Crippen LogP contribution in [0.1, 0.15) is 23.3 Å². The van der Waals surface area contributed by atoms with Gasteiger partial charge in [0.1, 0.15) is 10.6 Å². The van der Waals surface area contributed by atoms with Gasteiger partial charge in [0.2, 0.25) is 5.91 Å². The van der Waals surface area contributed by atoms with Crippen molar-refractivity contribution in [1.29, 1.82) is 0 Å². The van der Waals surface area contributed by atoms with Crippen LogP contribution in [0.25, 0.3) is 0 Å². The van der Waals surface area contributed by atoms with Crippen LogP contribution in [0.2, 0.25) is 0 Å². The molecule has 1 aromatic carbocycles. The summed E-state index contributed by atoms with van der Waals surface area (Å²) in [5.41, 5.74) is 0.840. The summed E-state index contributed by atoms with van der Waals surface area (Å²) in [6.07, 6.45) is -1.93. The van der Waals surface area contributed by atoms with Gasteiger partial charge in [-0.15, -0.1) is 0 Å². The zero-order valence-electron chi connectivity index (χ0n) is 14.8. The smallest absolute Gasteiger partial charge is 0.427 e. The van der Waals surface area contributed by atoms with Crippen molar-refractivity contribution in [3.8, 4) is 5.75 Å². The Labute approximate surface area is 159 Å². The monoisotopic (exact) mass is 399 g/mol. The van der Waals surface area contributed by atoms with Crippen LogP contribution in [0.15, 0.2) is 30.5 Å². The minimum absolute atomic E-state index is 0.00699. The van der Waals surface area contributed by atoms with Gasteiger partial charge in [-0.3, -0.25) is 4.79 Å². The molecule has 0 atom stereocenters. The van der Waals surface area contributed by atoms with E-state index in [0.29, 0.717) is 43.0 Å². The second-order valence-electron chi connectivity index (χ2n) is 6.32. The number of carbonyl (C=O) groups excluding carboxylic acids is 1. The zero-order valence-corrected chi connectivity index (χ0v) is 15.6. The van der Waals surface area contributed by atoms with Crippen molar-refractivity contribution in [2.45, 2.75) is 31.5 Å². The van der Waals surface area contributed by atoms with Crippen molar-refractivity contribution >= 4 is 22.4 Å². The number of nitrogens with one attached hydrogen (secondary N) is 1. The number of aromatic nitrogens is 1. The number of carbonyl (C=O) groups is 1. The number of likely N-dealkylation sites (tertiary alicyclic amines) is 1. The van der Waals surface area contributed by atoms with Crippen molar-refractivity contribution < 1.29 is 22.7 Å². The Hall–Kier alpha value is -2.29. The Morgan fingerprint density at radius 3 is 2.67 bits per heavy atom. The molecular weight excluding hydrogens is 379 g/mol. The van der Waals surface area contributed by atoms with Gasteiger partial charge in [-0.2, -0.15) is 13.2 Å². The van der Waals surface area contributed by atoms with Crippen molar-refractivity contribution in [1.82, 2.24) is 9.88 Å². The van der Waals surface area contributed by atoms with E-state index in [1.807, 2.05) is 24.3 Å². The number of hydrogen-bond acceptors (Lipinski definition) is 5. The minimum atomic E-state index is -4.37. The quantitative estimate of drug-likeness (QED) is 0.831. The van der Waals surface area contributed by atoms with Crippen LogP contribution in [0.3, 0.4) is 0 Å². The second kappa shape index (κ2) is 8.16. The van der Waals surface area contributed by atoms with Crippen LogP contribution in [-0.4, -0.2) is 42.0 Å². The molecule has 5 nitrogen and oxygen atoms in total. The van der Waals surface area contributed by atoms with Gasteiger partial charge in [-0.25, -0.2) is 4.98 Å². The summed E-state index contributed by atoms with van der Waals surface area (Å²) < 4.78 is 43.2. The fourth-order valence-electron chi connectivity index (χ4n) is 3.04. The first kappa shape index (κ1) is 19.5. The molecule has 1 N–H and O–H groups in total. The topological polar surface area (TPSA) is 54.5 Å². The minimum Gasteiger partial charge on any atom is -0.496 e. The SMILES string of the molecule is COc1ccccc1CC(=O)N1CCC(Nc2ncc(C(F)(F)F)s2)CC1. The van der Waals surface area contributed by atoms with E-state index in [1.54, 1.807) is 12.0 Å². The van der Waals surface area contributed by atoms with Gasteiger partial charge in [0.05, 0.1) is 19.7 Å². The van der Waals surface area contributed by atoms with E-state index in [0.717, 1.165) is 11.8 Å². The Balaban J connectivity index is 1.51. The molecule has 1 aliphatic rings. The third-order valence-corrected chi connectivity index (χ3v) is 5.47. The number of thiazole rings is 1. The average molecular weight is 399 g/mol. The first-order chi connectivity index (χ1) is 12.9. The highest BCUT2D eigenvalue weighted by Gasteiger charge is 2.33. The van der Waals surface area contributed by atoms with Gasteiger partial charge in [-0.1, -0.05) is 29.5 Å².